The van der Waals surface area contributed by atoms with E-state index in [-0.39, 0.29) is 24.9 Å². The zero-order chi connectivity index (χ0) is 19.9. The van der Waals surface area contributed by atoms with Crippen molar-refractivity contribution in [2.75, 3.05) is 18.0 Å². The van der Waals surface area contributed by atoms with Crippen LogP contribution in [0.1, 0.15) is 42.4 Å². The average molecular weight is 378 g/mol. The van der Waals surface area contributed by atoms with Crippen LogP contribution in [0.3, 0.4) is 0 Å². The monoisotopic (exact) mass is 378 g/mol. The quantitative estimate of drug-likeness (QED) is 0.862. The number of anilines is 1. The molecule has 1 aliphatic carbocycles. The number of rotatable bonds is 3. The van der Waals surface area contributed by atoms with E-state index in [1.807, 2.05) is 25.1 Å². The van der Waals surface area contributed by atoms with Crippen molar-refractivity contribution in [1.82, 2.24) is 5.32 Å². The summed E-state index contributed by atoms with van der Waals surface area (Å²) in [6.45, 7) is 4.10. The molecule has 1 saturated heterocycles. The lowest BCUT2D eigenvalue weighted by atomic mass is 9.84. The second-order valence-electron chi connectivity index (χ2n) is 8.05. The fourth-order valence-electron chi connectivity index (χ4n) is 4.43. The van der Waals surface area contributed by atoms with E-state index in [4.69, 9.17) is 0 Å². The van der Waals surface area contributed by atoms with Crippen LogP contribution in [0.25, 0.3) is 11.1 Å². The molecule has 146 valence electrons. The minimum absolute atomic E-state index is 0.0368. The lowest BCUT2D eigenvalue weighted by Crippen LogP contribution is -2.51. The van der Waals surface area contributed by atoms with E-state index in [9.17, 15) is 14.7 Å². The molecule has 2 amide bonds. The predicted molar refractivity (Wildman–Crippen MR) is 109 cm³/mol. The topological polar surface area (TPSA) is 69.6 Å². The van der Waals surface area contributed by atoms with Crippen LogP contribution >= 0.6 is 0 Å². The van der Waals surface area contributed by atoms with Crippen molar-refractivity contribution in [3.8, 4) is 11.1 Å². The van der Waals surface area contributed by atoms with Gasteiger partial charge in [0.15, 0.2) is 0 Å². The standard InChI is InChI=1S/C23H26N2O3/c1-15-5-7-19(23(28)9-3-4-10-23)18(11-15)17-6-8-20(16(2)12-17)25-14-21(26)24-13-22(25)27/h5-8,11-12,28H,3-4,9-10,13-14H2,1-2H3,(H,24,26). The molecule has 2 N–H and O–H groups in total. The molecule has 0 aromatic heterocycles. The van der Waals surface area contributed by atoms with Crippen molar-refractivity contribution in [2.45, 2.75) is 45.1 Å². The van der Waals surface area contributed by atoms with Gasteiger partial charge in [0.05, 0.1) is 12.1 Å². The summed E-state index contributed by atoms with van der Waals surface area (Å²) in [5.41, 5.74) is 5.12. The van der Waals surface area contributed by atoms with Gasteiger partial charge < -0.3 is 15.3 Å². The van der Waals surface area contributed by atoms with Crippen molar-refractivity contribution in [3.05, 3.63) is 53.1 Å². The first-order valence-corrected chi connectivity index (χ1v) is 9.89. The van der Waals surface area contributed by atoms with Gasteiger partial charge in [-0.3, -0.25) is 9.59 Å². The van der Waals surface area contributed by atoms with Crippen LogP contribution in [0.15, 0.2) is 36.4 Å². The minimum Gasteiger partial charge on any atom is -0.385 e. The van der Waals surface area contributed by atoms with Crippen LogP contribution in [0, 0.1) is 13.8 Å². The number of carbonyl (C=O) groups excluding carboxylic acids is 2. The average Bonchev–Trinajstić information content (AvgIpc) is 3.11. The molecule has 2 aromatic carbocycles. The van der Waals surface area contributed by atoms with Crippen LogP contribution in [0.5, 0.6) is 0 Å². The fraction of sp³-hybridized carbons (Fsp3) is 0.391. The van der Waals surface area contributed by atoms with Gasteiger partial charge in [-0.05, 0) is 61.1 Å². The van der Waals surface area contributed by atoms with E-state index >= 15 is 0 Å². The number of benzene rings is 2. The van der Waals surface area contributed by atoms with E-state index < -0.39 is 5.60 Å². The van der Waals surface area contributed by atoms with Gasteiger partial charge in [0, 0.05) is 5.69 Å². The minimum atomic E-state index is -0.767. The van der Waals surface area contributed by atoms with Gasteiger partial charge in [0.2, 0.25) is 11.8 Å². The third kappa shape index (κ3) is 3.31. The summed E-state index contributed by atoms with van der Waals surface area (Å²) in [6.07, 6.45) is 3.66. The maximum atomic E-state index is 12.2. The van der Waals surface area contributed by atoms with Crippen LogP contribution in [0.2, 0.25) is 0 Å². The number of nitrogens with zero attached hydrogens (tertiary/aromatic N) is 1. The molecular weight excluding hydrogens is 352 g/mol. The summed E-state index contributed by atoms with van der Waals surface area (Å²) < 4.78 is 0. The summed E-state index contributed by atoms with van der Waals surface area (Å²) in [6, 6.07) is 12.2. The van der Waals surface area contributed by atoms with Gasteiger partial charge in [-0.25, -0.2) is 0 Å². The van der Waals surface area contributed by atoms with E-state index in [2.05, 4.69) is 30.4 Å². The third-order valence-electron chi connectivity index (χ3n) is 5.95. The highest BCUT2D eigenvalue weighted by Crippen LogP contribution is 2.43. The second-order valence-corrected chi connectivity index (χ2v) is 8.05. The van der Waals surface area contributed by atoms with E-state index in [1.165, 1.54) is 0 Å². The first-order valence-electron chi connectivity index (χ1n) is 9.89. The Morgan fingerprint density at radius 2 is 1.79 bits per heavy atom. The SMILES string of the molecule is Cc1ccc(C2(O)CCCC2)c(-c2ccc(N3CC(=O)NCC3=O)c(C)c2)c1. The van der Waals surface area contributed by atoms with Gasteiger partial charge in [0.1, 0.15) is 6.54 Å². The van der Waals surface area contributed by atoms with E-state index in [0.29, 0.717) is 0 Å². The summed E-state index contributed by atoms with van der Waals surface area (Å²) in [5.74, 6) is -0.250. The summed E-state index contributed by atoms with van der Waals surface area (Å²) in [4.78, 5) is 25.5. The number of aryl methyl sites for hydroxylation is 2. The molecule has 0 atom stereocenters. The predicted octanol–water partition coefficient (Wildman–Crippen LogP) is 3.19. The molecule has 2 fully saturated rings. The molecule has 2 aliphatic rings. The number of piperazine rings is 1. The van der Waals surface area contributed by atoms with Crippen molar-refractivity contribution < 1.29 is 14.7 Å². The number of amides is 2. The number of nitrogens with one attached hydrogen (secondary N) is 1. The molecule has 28 heavy (non-hydrogen) atoms. The zero-order valence-electron chi connectivity index (χ0n) is 16.4. The van der Waals surface area contributed by atoms with Crippen LogP contribution in [0.4, 0.5) is 5.69 Å². The summed E-state index contributed by atoms with van der Waals surface area (Å²) >= 11 is 0. The molecule has 0 bridgehead atoms. The van der Waals surface area contributed by atoms with Gasteiger partial charge in [-0.1, -0.05) is 42.7 Å². The lowest BCUT2D eigenvalue weighted by Gasteiger charge is -2.29. The Hall–Kier alpha value is -2.66. The third-order valence-corrected chi connectivity index (χ3v) is 5.95. The van der Waals surface area contributed by atoms with Crippen LogP contribution < -0.4 is 10.2 Å². The van der Waals surface area contributed by atoms with Crippen molar-refractivity contribution >= 4 is 17.5 Å². The first kappa shape index (κ1) is 18.7. The van der Waals surface area contributed by atoms with Crippen molar-refractivity contribution in [2.24, 2.45) is 0 Å². The number of hydrogen-bond acceptors (Lipinski definition) is 3. The molecule has 0 radical (unpaired) electrons. The van der Waals surface area contributed by atoms with E-state index in [1.54, 1.807) is 4.90 Å². The van der Waals surface area contributed by atoms with Crippen LogP contribution in [-0.4, -0.2) is 30.0 Å². The highest BCUT2D eigenvalue weighted by Gasteiger charge is 2.35. The molecule has 0 spiro atoms. The van der Waals surface area contributed by atoms with Crippen molar-refractivity contribution in [1.29, 1.82) is 0 Å². The second kappa shape index (κ2) is 7.06. The molecule has 5 heteroatoms. The lowest BCUT2D eigenvalue weighted by molar-refractivity contribution is -0.128. The molecule has 1 aliphatic heterocycles. The Labute approximate surface area is 165 Å². The molecule has 5 nitrogen and oxygen atoms in total. The highest BCUT2D eigenvalue weighted by atomic mass is 16.3. The summed E-state index contributed by atoms with van der Waals surface area (Å²) in [5, 5.41) is 13.8. The maximum absolute atomic E-state index is 12.2. The Morgan fingerprint density at radius 1 is 1.04 bits per heavy atom. The van der Waals surface area contributed by atoms with Gasteiger partial charge in [-0.15, -0.1) is 0 Å². The smallest absolute Gasteiger partial charge is 0.246 e. The first-order chi connectivity index (χ1) is 13.4. The van der Waals surface area contributed by atoms with Gasteiger partial charge >= 0.3 is 0 Å². The maximum Gasteiger partial charge on any atom is 0.246 e. The number of hydrogen-bond donors (Lipinski definition) is 2. The largest absolute Gasteiger partial charge is 0.385 e. The molecular formula is C23H26N2O3. The molecule has 2 aromatic rings. The normalized spacial score (nSPS) is 19.0. The Bertz CT molecular complexity index is 945. The van der Waals surface area contributed by atoms with Gasteiger partial charge in [-0.2, -0.15) is 0 Å². The van der Waals surface area contributed by atoms with Crippen molar-refractivity contribution in [3.63, 3.8) is 0 Å². The molecule has 1 saturated carbocycles. The number of carbonyl (C=O) groups is 2. The Morgan fingerprint density at radius 3 is 2.50 bits per heavy atom. The summed E-state index contributed by atoms with van der Waals surface area (Å²) in [7, 11) is 0. The van der Waals surface area contributed by atoms with Gasteiger partial charge in [0.25, 0.3) is 0 Å². The number of aliphatic hydroxyl groups is 1. The van der Waals surface area contributed by atoms with E-state index in [0.717, 1.165) is 59.2 Å². The van der Waals surface area contributed by atoms with Crippen LogP contribution in [-0.2, 0) is 15.2 Å². The Kier molecular flexibility index (Phi) is 4.71. The Balaban J connectivity index is 1.75. The highest BCUT2D eigenvalue weighted by molar-refractivity contribution is 6.05. The molecule has 1 heterocycles. The molecule has 4 rings (SSSR count). The molecule has 0 unspecified atom stereocenters. The fourth-order valence-corrected chi connectivity index (χ4v) is 4.43. The zero-order valence-corrected chi connectivity index (χ0v) is 16.4.